The zero-order valence-corrected chi connectivity index (χ0v) is 22.8. The Morgan fingerprint density at radius 2 is 1.92 bits per heavy atom. The van der Waals surface area contributed by atoms with E-state index in [2.05, 4.69) is 20.6 Å². The van der Waals surface area contributed by atoms with Gasteiger partial charge in [-0.3, -0.25) is 14.4 Å². The summed E-state index contributed by atoms with van der Waals surface area (Å²) in [7, 11) is 0. The first-order valence-electron chi connectivity index (χ1n) is 13.3. The second-order valence-electron chi connectivity index (χ2n) is 9.79. The molecule has 0 bridgehead atoms. The lowest BCUT2D eigenvalue weighted by Crippen LogP contribution is -2.46. The van der Waals surface area contributed by atoms with Gasteiger partial charge in [0.05, 0.1) is 23.7 Å². The molecule has 9 nitrogen and oxygen atoms in total. The van der Waals surface area contributed by atoms with Crippen LogP contribution in [-0.4, -0.2) is 63.7 Å². The maximum absolute atomic E-state index is 13.2. The van der Waals surface area contributed by atoms with Crippen molar-refractivity contribution in [3.05, 3.63) is 64.8 Å². The van der Waals surface area contributed by atoms with Crippen LogP contribution >= 0.6 is 11.6 Å². The molecule has 3 amide bonds. The molecule has 1 fully saturated rings. The van der Waals surface area contributed by atoms with Crippen molar-refractivity contribution < 1.29 is 14.4 Å². The summed E-state index contributed by atoms with van der Waals surface area (Å²) in [4.78, 5) is 51.1. The van der Waals surface area contributed by atoms with Crippen LogP contribution in [-0.2, 0) is 16.0 Å². The number of halogens is 1. The highest BCUT2D eigenvalue weighted by Gasteiger charge is 2.31. The normalized spacial score (nSPS) is 16.4. The van der Waals surface area contributed by atoms with Gasteiger partial charge < -0.3 is 20.4 Å². The molecule has 3 heterocycles. The highest BCUT2D eigenvalue weighted by Crippen LogP contribution is 2.35. The van der Waals surface area contributed by atoms with Crippen LogP contribution in [0.2, 0.25) is 5.02 Å². The minimum Gasteiger partial charge on any atom is -0.343 e. The van der Waals surface area contributed by atoms with E-state index in [1.165, 1.54) is 0 Å². The van der Waals surface area contributed by atoms with Gasteiger partial charge in [0, 0.05) is 59.8 Å². The smallest absolute Gasteiger partial charge is 0.253 e. The third-order valence-electron chi connectivity index (χ3n) is 7.25. The Hall–Kier alpha value is -3.98. The third kappa shape index (κ3) is 5.73. The first-order chi connectivity index (χ1) is 18.9. The molecule has 1 saturated heterocycles. The van der Waals surface area contributed by atoms with Gasteiger partial charge in [0.15, 0.2) is 0 Å². The van der Waals surface area contributed by atoms with E-state index in [1.54, 1.807) is 35.4 Å². The van der Waals surface area contributed by atoms with Gasteiger partial charge in [-0.05, 0) is 69.2 Å². The molecule has 2 aliphatic heterocycles. The molecule has 2 aliphatic rings. The molecule has 2 N–H and O–H groups in total. The Balaban J connectivity index is 1.30. The first-order valence-corrected chi connectivity index (χ1v) is 13.6. The zero-order valence-electron chi connectivity index (χ0n) is 22.0. The summed E-state index contributed by atoms with van der Waals surface area (Å²) in [6.45, 7) is 6.41. The van der Waals surface area contributed by atoms with Crippen molar-refractivity contribution in [2.45, 2.75) is 33.1 Å². The van der Waals surface area contributed by atoms with Crippen molar-refractivity contribution in [2.75, 3.05) is 36.8 Å². The number of rotatable bonds is 6. The highest BCUT2D eigenvalue weighted by molar-refractivity contribution is 6.31. The van der Waals surface area contributed by atoms with Crippen LogP contribution in [0.15, 0.2) is 48.7 Å². The second kappa shape index (κ2) is 11.4. The molecule has 3 aromatic rings. The number of benzene rings is 2. The molecule has 0 saturated carbocycles. The van der Waals surface area contributed by atoms with Crippen molar-refractivity contribution in [1.82, 2.24) is 19.8 Å². The largest absolute Gasteiger partial charge is 0.343 e. The number of likely N-dealkylation sites (tertiary alicyclic amines) is 1. The van der Waals surface area contributed by atoms with Crippen LogP contribution in [0.3, 0.4) is 0 Å². The van der Waals surface area contributed by atoms with E-state index >= 15 is 0 Å². The van der Waals surface area contributed by atoms with Gasteiger partial charge >= 0.3 is 0 Å². The number of aromatic nitrogens is 2. The predicted octanol–water partition coefficient (Wildman–Crippen LogP) is 4.76. The van der Waals surface area contributed by atoms with Crippen LogP contribution in [0.4, 0.5) is 17.3 Å². The summed E-state index contributed by atoms with van der Waals surface area (Å²) >= 11 is 6.13. The van der Waals surface area contributed by atoms with Gasteiger partial charge in [-0.1, -0.05) is 11.6 Å². The minimum atomic E-state index is -0.153. The highest BCUT2D eigenvalue weighted by atomic mass is 35.5. The summed E-state index contributed by atoms with van der Waals surface area (Å²) in [6, 6.07) is 12.5. The third-order valence-corrected chi connectivity index (χ3v) is 7.48. The van der Waals surface area contributed by atoms with E-state index < -0.39 is 0 Å². The summed E-state index contributed by atoms with van der Waals surface area (Å²) in [6.07, 6.45) is 3.44. The number of hydrogen-bond acceptors (Lipinski definition) is 6. The summed E-state index contributed by atoms with van der Waals surface area (Å²) in [5, 5.41) is 6.59. The quantitative estimate of drug-likeness (QED) is 0.462. The maximum Gasteiger partial charge on any atom is 0.253 e. The molecule has 0 radical (unpaired) electrons. The Bertz CT molecular complexity index is 1410. The van der Waals surface area contributed by atoms with Crippen LogP contribution in [0.1, 0.15) is 42.6 Å². The van der Waals surface area contributed by atoms with E-state index in [4.69, 9.17) is 11.6 Å². The molecule has 39 heavy (non-hydrogen) atoms. The van der Waals surface area contributed by atoms with Crippen molar-refractivity contribution >= 4 is 46.6 Å². The number of nitrogens with zero attached hydrogens (tertiary/aromatic N) is 4. The molecule has 1 unspecified atom stereocenters. The van der Waals surface area contributed by atoms with E-state index in [9.17, 15) is 14.4 Å². The first kappa shape index (κ1) is 26.6. The van der Waals surface area contributed by atoms with Crippen molar-refractivity contribution in [3.63, 3.8) is 0 Å². The fourth-order valence-corrected chi connectivity index (χ4v) is 5.36. The minimum absolute atomic E-state index is 0.0766. The number of fused-ring (bicyclic) bond motifs is 3. The lowest BCUT2D eigenvalue weighted by molar-refractivity contribution is -0.136. The van der Waals surface area contributed by atoms with Crippen LogP contribution < -0.4 is 10.6 Å². The average Bonchev–Trinajstić information content (AvgIpc) is 3.08. The predicted molar refractivity (Wildman–Crippen MR) is 151 cm³/mol. The number of amides is 3. The number of hydrogen-bond donors (Lipinski definition) is 2. The van der Waals surface area contributed by atoms with Gasteiger partial charge in [0.2, 0.25) is 17.8 Å². The van der Waals surface area contributed by atoms with Crippen molar-refractivity contribution in [3.8, 4) is 11.3 Å². The fraction of sp³-hybridized carbons (Fsp3) is 0.345. The van der Waals surface area contributed by atoms with E-state index in [0.717, 1.165) is 29.7 Å². The maximum atomic E-state index is 13.2. The molecule has 5 rings (SSSR count). The Morgan fingerprint density at radius 3 is 2.67 bits per heavy atom. The molecule has 2 aromatic carbocycles. The SMILES string of the molecule is CCN(CC)C(=O)C1CCCN(C(=O)c2ccc(Nc3ncc4c(n3)-c3ccc(Cl)cc3NC(=O)C4)cc2)C1. The molecule has 1 aromatic heterocycles. The fourth-order valence-electron chi connectivity index (χ4n) is 5.19. The number of nitrogens with one attached hydrogen (secondary N) is 2. The van der Waals surface area contributed by atoms with Gasteiger partial charge in [-0.15, -0.1) is 0 Å². The van der Waals surface area contributed by atoms with E-state index in [0.29, 0.717) is 54.1 Å². The van der Waals surface area contributed by atoms with Gasteiger partial charge in [-0.2, -0.15) is 0 Å². The molecule has 10 heteroatoms. The Labute approximate surface area is 232 Å². The van der Waals surface area contributed by atoms with Crippen molar-refractivity contribution in [1.29, 1.82) is 0 Å². The lowest BCUT2D eigenvalue weighted by Gasteiger charge is -2.34. The topological polar surface area (TPSA) is 108 Å². The molecular weight excluding hydrogens is 516 g/mol. The van der Waals surface area contributed by atoms with Crippen molar-refractivity contribution in [2.24, 2.45) is 5.92 Å². The summed E-state index contributed by atoms with van der Waals surface area (Å²) < 4.78 is 0. The number of piperidine rings is 1. The number of anilines is 3. The number of carbonyl (C=O) groups excluding carboxylic acids is 3. The Kier molecular flexibility index (Phi) is 7.79. The molecule has 202 valence electrons. The lowest BCUT2D eigenvalue weighted by atomic mass is 9.95. The van der Waals surface area contributed by atoms with Crippen LogP contribution in [0.25, 0.3) is 11.3 Å². The van der Waals surface area contributed by atoms with Crippen LogP contribution in [0.5, 0.6) is 0 Å². The molecule has 0 aliphatic carbocycles. The monoisotopic (exact) mass is 546 g/mol. The van der Waals surface area contributed by atoms with Gasteiger partial charge in [-0.25, -0.2) is 9.97 Å². The average molecular weight is 547 g/mol. The standard InChI is InChI=1S/C29H31ClN6O3/c1-3-35(4-2)28(39)19-6-5-13-36(17-19)27(38)18-7-10-22(11-8-18)32-29-31-16-20-14-25(37)33-24-15-21(30)9-12-23(24)26(20)34-29/h7-12,15-16,19H,3-6,13-14,17H2,1-2H3,(H,33,37)(H,31,32,34). The molecular formula is C29H31ClN6O3. The second-order valence-corrected chi connectivity index (χ2v) is 10.2. The summed E-state index contributed by atoms with van der Waals surface area (Å²) in [5.41, 5.74) is 4.04. The molecule has 0 spiro atoms. The van der Waals surface area contributed by atoms with Gasteiger partial charge in [0.1, 0.15) is 0 Å². The van der Waals surface area contributed by atoms with E-state index in [1.807, 2.05) is 36.9 Å². The summed E-state index contributed by atoms with van der Waals surface area (Å²) in [5.74, 6) is 0.118. The Morgan fingerprint density at radius 1 is 1.15 bits per heavy atom. The molecule has 1 atom stereocenters. The zero-order chi connectivity index (χ0) is 27.5. The van der Waals surface area contributed by atoms with E-state index in [-0.39, 0.29) is 30.1 Å². The number of carbonyl (C=O) groups is 3. The van der Waals surface area contributed by atoms with Gasteiger partial charge in [0.25, 0.3) is 5.91 Å². The van der Waals surface area contributed by atoms with Crippen LogP contribution in [0, 0.1) is 5.92 Å².